The van der Waals surface area contributed by atoms with E-state index in [4.69, 9.17) is 4.11 Å². The molecule has 33 heavy (non-hydrogen) atoms. The van der Waals surface area contributed by atoms with E-state index in [1.54, 1.807) is 13.1 Å². The zero-order valence-corrected chi connectivity index (χ0v) is 18.5. The smallest absolute Gasteiger partial charge is 0.273 e. The fourth-order valence-corrected chi connectivity index (χ4v) is 4.24. The maximum atomic E-state index is 12.8. The molecule has 2 amide bonds. The molecule has 13 heteroatoms. The van der Waals surface area contributed by atoms with Crippen molar-refractivity contribution in [2.24, 2.45) is 13.0 Å². The van der Waals surface area contributed by atoms with E-state index < -0.39 is 28.4 Å². The molecule has 0 spiro atoms. The van der Waals surface area contributed by atoms with Gasteiger partial charge in [-0.2, -0.15) is 5.10 Å². The number of hydrogen-bond donors (Lipinski definition) is 3. The van der Waals surface area contributed by atoms with Crippen LogP contribution in [0.4, 0.5) is 17.2 Å². The van der Waals surface area contributed by atoms with Crippen molar-refractivity contribution in [3.8, 4) is 11.4 Å². The van der Waals surface area contributed by atoms with Gasteiger partial charge in [-0.05, 0) is 25.0 Å². The first kappa shape index (κ1) is 18.7. The first-order valence-corrected chi connectivity index (χ1v) is 11.7. The van der Waals surface area contributed by atoms with E-state index in [1.807, 2.05) is 5.32 Å². The Bertz CT molecular complexity index is 1450. The number of aryl methyl sites for hydroxylation is 1. The maximum Gasteiger partial charge on any atom is 0.273 e. The monoisotopic (exact) mass is 473 g/mol. The second-order valence-electron chi connectivity index (χ2n) is 7.53. The number of hydrogen-bond acceptors (Lipinski definition) is 9. The van der Waals surface area contributed by atoms with Crippen molar-refractivity contribution in [1.82, 2.24) is 30.3 Å². The van der Waals surface area contributed by atoms with Gasteiger partial charge in [-0.15, -0.1) is 10.2 Å². The van der Waals surface area contributed by atoms with Crippen LogP contribution in [0, 0.1) is 5.92 Å². The lowest BCUT2D eigenvalue weighted by Crippen LogP contribution is -2.22. The third-order valence-corrected chi connectivity index (χ3v) is 6.00. The van der Waals surface area contributed by atoms with Gasteiger partial charge in [0.15, 0.2) is 27.2 Å². The van der Waals surface area contributed by atoms with Crippen LogP contribution in [0.5, 0.6) is 0 Å². The lowest BCUT2D eigenvalue weighted by atomic mass is 10.1. The zero-order chi connectivity index (χ0) is 26.3. The molecule has 4 rings (SSSR count). The molecule has 0 unspecified atom stereocenters. The molecule has 2 aromatic heterocycles. The summed E-state index contributed by atoms with van der Waals surface area (Å²) in [5.41, 5.74) is -0.232. The highest BCUT2D eigenvalue weighted by molar-refractivity contribution is 7.91. The second-order valence-corrected chi connectivity index (χ2v) is 9.48. The number of rotatable bonds is 7. The summed E-state index contributed by atoms with van der Waals surface area (Å²) in [7, 11) is -2.23. The third kappa shape index (κ3) is 4.82. The minimum Gasteiger partial charge on any atom is -0.354 e. The van der Waals surface area contributed by atoms with Crippen molar-refractivity contribution in [2.75, 3.05) is 23.9 Å². The van der Waals surface area contributed by atoms with E-state index in [9.17, 15) is 18.0 Å². The van der Waals surface area contributed by atoms with Crippen molar-refractivity contribution < 1.29 is 22.1 Å². The Morgan fingerprint density at radius 1 is 1.21 bits per heavy atom. The predicted molar refractivity (Wildman–Crippen MR) is 120 cm³/mol. The van der Waals surface area contributed by atoms with E-state index in [0.29, 0.717) is 0 Å². The van der Waals surface area contributed by atoms with Crippen molar-refractivity contribution >= 4 is 38.8 Å². The highest BCUT2D eigenvalue weighted by Gasteiger charge is 2.30. The maximum absolute atomic E-state index is 12.8. The number of nitrogens with zero attached hydrogens (tertiary/aromatic N) is 5. The largest absolute Gasteiger partial charge is 0.354 e. The van der Waals surface area contributed by atoms with Gasteiger partial charge in [-0.3, -0.25) is 14.3 Å². The molecular formula is C20H22N8O4S. The molecule has 3 aromatic rings. The van der Waals surface area contributed by atoms with E-state index in [1.165, 1.54) is 29.2 Å². The summed E-state index contributed by atoms with van der Waals surface area (Å²) in [6.45, 7) is -2.81. The van der Waals surface area contributed by atoms with E-state index in [-0.39, 0.29) is 45.3 Å². The topological polar surface area (TPSA) is 161 Å². The number of carbonyl (C=O) groups is 2. The van der Waals surface area contributed by atoms with Gasteiger partial charge in [0.1, 0.15) is 11.2 Å². The Kier molecular flexibility index (Phi) is 4.85. The zero-order valence-electron chi connectivity index (χ0n) is 20.7. The highest BCUT2D eigenvalue weighted by atomic mass is 32.2. The number of benzene rings is 1. The quantitative estimate of drug-likeness (QED) is 0.457. The van der Waals surface area contributed by atoms with Crippen LogP contribution in [0.3, 0.4) is 0 Å². The van der Waals surface area contributed by atoms with Crippen molar-refractivity contribution in [3.05, 3.63) is 36.3 Å². The van der Waals surface area contributed by atoms with Crippen LogP contribution in [-0.4, -0.2) is 58.4 Å². The van der Waals surface area contributed by atoms with Crippen LogP contribution < -0.4 is 16.0 Å². The Morgan fingerprint density at radius 3 is 2.64 bits per heavy atom. The molecule has 0 radical (unpaired) electrons. The van der Waals surface area contributed by atoms with Crippen LogP contribution in [-0.2, 0) is 21.7 Å². The highest BCUT2D eigenvalue weighted by Crippen LogP contribution is 2.34. The third-order valence-electron chi connectivity index (χ3n) is 4.82. The first-order valence-electron chi connectivity index (χ1n) is 11.3. The molecule has 3 N–H and O–H groups in total. The normalized spacial score (nSPS) is 15.2. The van der Waals surface area contributed by atoms with Crippen LogP contribution in [0.25, 0.3) is 11.4 Å². The van der Waals surface area contributed by atoms with Crippen molar-refractivity contribution in [3.63, 3.8) is 0 Å². The van der Waals surface area contributed by atoms with Crippen molar-refractivity contribution in [2.45, 2.75) is 17.7 Å². The Hall–Kier alpha value is -3.87. The number of aromatic nitrogens is 5. The molecule has 12 nitrogen and oxygen atoms in total. The van der Waals surface area contributed by atoms with Gasteiger partial charge < -0.3 is 16.0 Å². The molecule has 0 saturated heterocycles. The molecule has 1 fully saturated rings. The summed E-state index contributed by atoms with van der Waals surface area (Å²) in [6.07, 6.45) is 3.92. The number of amides is 2. The molecule has 2 heterocycles. The number of carbonyl (C=O) groups excluding carboxylic acids is 2. The average molecular weight is 474 g/mol. The summed E-state index contributed by atoms with van der Waals surface area (Å²) in [6, 6.07) is 5.83. The van der Waals surface area contributed by atoms with Gasteiger partial charge in [0.2, 0.25) is 5.91 Å². The van der Waals surface area contributed by atoms with Gasteiger partial charge in [-0.25, -0.2) is 13.4 Å². The van der Waals surface area contributed by atoms with Gasteiger partial charge in [0, 0.05) is 41.9 Å². The molecule has 0 aliphatic heterocycles. The van der Waals surface area contributed by atoms with Gasteiger partial charge in [0.25, 0.3) is 5.91 Å². The van der Waals surface area contributed by atoms with Gasteiger partial charge in [-0.1, -0.05) is 6.07 Å². The molecule has 1 saturated carbocycles. The number of sulfone groups is 1. The SMILES string of the molecule is [2H]C([2H])([2H])NC(=O)c1nnc(NC(=O)C2CC2)cc1Nc1cccc(-c2ncn(C)n2)c1S(C)(=O)=O. The van der Waals surface area contributed by atoms with Crippen LogP contribution >= 0.6 is 0 Å². The van der Waals surface area contributed by atoms with Gasteiger partial charge in [0.05, 0.1) is 11.4 Å². The molecule has 1 aliphatic carbocycles. The standard InChI is InChI=1S/C20H22N8O4S/c1-21-20(30)16-14(9-15(25-26-16)24-19(29)11-7-8-11)23-13-6-4-5-12(17(13)33(3,31)32)18-22-10-28(2)27-18/h4-6,9-11H,7-8H2,1-3H3,(H,21,30)(H2,23,24,25,29)/i1D3. The fraction of sp³-hybridized carbons (Fsp3) is 0.300. The second kappa shape index (κ2) is 8.58. The lowest BCUT2D eigenvalue weighted by molar-refractivity contribution is -0.117. The molecule has 0 bridgehead atoms. The Balaban J connectivity index is 1.80. The minimum atomic E-state index is -3.87. The molecular weight excluding hydrogens is 448 g/mol. The van der Waals surface area contributed by atoms with Crippen LogP contribution in [0.15, 0.2) is 35.5 Å². The van der Waals surface area contributed by atoms with Gasteiger partial charge >= 0.3 is 0 Å². The minimum absolute atomic E-state index is 0.00304. The summed E-state index contributed by atoms with van der Waals surface area (Å²) in [5.74, 6) is -1.32. The Labute approximate surface area is 194 Å². The van der Waals surface area contributed by atoms with Crippen LogP contribution in [0.1, 0.15) is 27.4 Å². The summed E-state index contributed by atoms with van der Waals surface area (Å²) in [4.78, 5) is 28.8. The summed E-state index contributed by atoms with van der Waals surface area (Å²) >= 11 is 0. The fourth-order valence-electron chi connectivity index (χ4n) is 3.17. The van der Waals surface area contributed by atoms with E-state index in [0.717, 1.165) is 19.1 Å². The summed E-state index contributed by atoms with van der Waals surface area (Å²) < 4.78 is 49.0. The molecule has 1 aliphatic rings. The Morgan fingerprint density at radius 2 is 2.00 bits per heavy atom. The van der Waals surface area contributed by atoms with E-state index >= 15 is 0 Å². The lowest BCUT2D eigenvalue weighted by Gasteiger charge is -2.16. The predicted octanol–water partition coefficient (Wildman–Crippen LogP) is 1.13. The van der Waals surface area contributed by atoms with Crippen molar-refractivity contribution in [1.29, 1.82) is 0 Å². The molecule has 0 atom stereocenters. The molecule has 172 valence electrons. The average Bonchev–Trinajstić information content (AvgIpc) is 3.52. The van der Waals surface area contributed by atoms with Crippen LogP contribution in [0.2, 0.25) is 0 Å². The number of anilines is 3. The molecule has 1 aromatic carbocycles. The number of nitrogens with one attached hydrogen (secondary N) is 3. The van der Waals surface area contributed by atoms with E-state index in [2.05, 4.69) is 30.9 Å². The summed E-state index contributed by atoms with van der Waals surface area (Å²) in [5, 5.41) is 19.1. The first-order chi connectivity index (χ1) is 16.8.